The van der Waals surface area contributed by atoms with E-state index in [0.29, 0.717) is 0 Å². The highest BCUT2D eigenvalue weighted by Crippen LogP contribution is 2.09. The minimum absolute atomic E-state index is 0.0865. The second-order valence-corrected chi connectivity index (χ2v) is 11.3. The number of rotatable bonds is 22. The molecule has 21 nitrogen and oxygen atoms in total. The lowest BCUT2D eigenvalue weighted by atomic mass is 10.0. The maximum Gasteiger partial charge on any atom is 0.328 e. The summed E-state index contributed by atoms with van der Waals surface area (Å²) in [6, 6.07) is -10.4. The molecule has 0 aromatic heterocycles. The van der Waals surface area contributed by atoms with E-state index in [0.717, 1.165) is 0 Å². The molecular weight excluding hydrogens is 644 g/mol. The third kappa shape index (κ3) is 16.1. The van der Waals surface area contributed by atoms with Crippen LogP contribution in [-0.2, 0) is 43.2 Å². The fraction of sp³-hybridized carbons (Fsp3) is 0.667. The van der Waals surface area contributed by atoms with E-state index >= 15 is 0 Å². The van der Waals surface area contributed by atoms with Crippen LogP contribution in [0.3, 0.4) is 0 Å². The summed E-state index contributed by atoms with van der Waals surface area (Å²) in [7, 11) is 0. The SMILES string of the molecule is CC(C)C[C@H](NC(=O)[C@H](CC(N)=O)NC(=O)[C@H](CO)NC(=O)[C@H](C)NC(=O)[C@H](C)N)C(=O)N[C@@H](CCC(=O)O)C(=O)N[C@@H](CO)C(=O)O. The predicted molar refractivity (Wildman–Crippen MR) is 163 cm³/mol. The Labute approximate surface area is 275 Å². The number of nitrogens with one attached hydrogen (secondary N) is 6. The van der Waals surface area contributed by atoms with Crippen molar-refractivity contribution in [2.75, 3.05) is 13.2 Å². The number of aliphatic hydroxyl groups is 2. The van der Waals surface area contributed by atoms with Gasteiger partial charge < -0.3 is 63.8 Å². The monoisotopic (exact) mass is 690 g/mol. The molecule has 0 rings (SSSR count). The summed E-state index contributed by atoms with van der Waals surface area (Å²) in [6.07, 6.45) is -2.03. The topological polar surface area (TPSA) is 359 Å². The molecule has 0 saturated heterocycles. The first-order chi connectivity index (χ1) is 22.2. The molecule has 14 N–H and O–H groups in total. The minimum atomic E-state index is -1.77. The summed E-state index contributed by atoms with van der Waals surface area (Å²) in [4.78, 5) is 111. The van der Waals surface area contributed by atoms with Crippen LogP contribution in [-0.4, -0.2) is 129 Å². The Hall–Kier alpha value is -4.89. The van der Waals surface area contributed by atoms with Crippen LogP contribution in [0.5, 0.6) is 0 Å². The fourth-order valence-electron chi connectivity index (χ4n) is 3.83. The van der Waals surface area contributed by atoms with Gasteiger partial charge in [-0.1, -0.05) is 13.8 Å². The largest absolute Gasteiger partial charge is 0.481 e. The van der Waals surface area contributed by atoms with Crippen molar-refractivity contribution in [1.82, 2.24) is 31.9 Å². The van der Waals surface area contributed by atoms with Gasteiger partial charge in [-0.2, -0.15) is 0 Å². The molecule has 0 unspecified atom stereocenters. The van der Waals surface area contributed by atoms with Gasteiger partial charge in [-0.3, -0.25) is 38.4 Å². The van der Waals surface area contributed by atoms with Gasteiger partial charge >= 0.3 is 11.9 Å². The number of nitrogens with two attached hydrogens (primary N) is 2. The number of aliphatic carboxylic acids is 2. The molecule has 0 bridgehead atoms. The minimum Gasteiger partial charge on any atom is -0.481 e. The van der Waals surface area contributed by atoms with Gasteiger partial charge in [0, 0.05) is 6.42 Å². The van der Waals surface area contributed by atoms with E-state index in [1.54, 1.807) is 13.8 Å². The van der Waals surface area contributed by atoms with Gasteiger partial charge in [0.15, 0.2) is 0 Å². The smallest absolute Gasteiger partial charge is 0.328 e. The Morgan fingerprint density at radius 3 is 1.48 bits per heavy atom. The highest BCUT2D eigenvalue weighted by atomic mass is 16.4. The predicted octanol–water partition coefficient (Wildman–Crippen LogP) is -5.88. The molecule has 0 aliphatic heterocycles. The van der Waals surface area contributed by atoms with E-state index < -0.39 is 128 Å². The van der Waals surface area contributed by atoms with Crippen molar-refractivity contribution < 1.29 is 63.6 Å². The zero-order valence-electron chi connectivity index (χ0n) is 27.0. The summed E-state index contributed by atoms with van der Waals surface area (Å²) < 4.78 is 0. The third-order valence-corrected chi connectivity index (χ3v) is 6.44. The number of carboxylic acid groups (broad SMARTS) is 2. The van der Waals surface area contributed by atoms with Crippen LogP contribution < -0.4 is 43.4 Å². The first-order valence-corrected chi connectivity index (χ1v) is 14.8. The number of carboxylic acids is 2. The second kappa shape index (κ2) is 21.1. The highest BCUT2D eigenvalue weighted by molar-refractivity contribution is 5.98. The molecule has 0 saturated carbocycles. The van der Waals surface area contributed by atoms with Crippen LogP contribution >= 0.6 is 0 Å². The zero-order chi connectivity index (χ0) is 37.3. The Morgan fingerprint density at radius 1 is 0.583 bits per heavy atom. The maximum atomic E-state index is 13.3. The van der Waals surface area contributed by atoms with Crippen molar-refractivity contribution in [3.63, 3.8) is 0 Å². The Kier molecular flexibility index (Phi) is 18.9. The first-order valence-electron chi connectivity index (χ1n) is 14.8. The summed E-state index contributed by atoms with van der Waals surface area (Å²) >= 11 is 0. The average Bonchev–Trinajstić information content (AvgIpc) is 2.98. The molecule has 48 heavy (non-hydrogen) atoms. The van der Waals surface area contributed by atoms with Crippen molar-refractivity contribution in [3.05, 3.63) is 0 Å². The van der Waals surface area contributed by atoms with Gasteiger partial charge in [-0.25, -0.2) is 4.79 Å². The lowest BCUT2D eigenvalue weighted by molar-refractivity contribution is -0.144. The summed E-state index contributed by atoms with van der Waals surface area (Å²) in [5, 5.41) is 50.3. The maximum absolute atomic E-state index is 13.3. The van der Waals surface area contributed by atoms with Crippen LogP contribution in [0.2, 0.25) is 0 Å². The van der Waals surface area contributed by atoms with Gasteiger partial charge in [-0.15, -0.1) is 0 Å². The summed E-state index contributed by atoms with van der Waals surface area (Å²) in [6.45, 7) is 3.98. The molecule has 21 heteroatoms. The molecule has 0 spiro atoms. The van der Waals surface area contributed by atoms with Crippen LogP contribution in [0.25, 0.3) is 0 Å². The van der Waals surface area contributed by atoms with Crippen molar-refractivity contribution >= 4 is 53.3 Å². The molecule has 0 aliphatic rings. The molecule has 272 valence electrons. The van der Waals surface area contributed by atoms with Crippen molar-refractivity contribution in [1.29, 1.82) is 0 Å². The standard InChI is InChI=1S/C27H46N8O13/c1-11(2)7-15(24(44)31-14(5-6-20(39)40)23(43)35-18(10-37)27(47)48)32-25(45)16(8-19(29)38)33-26(46)17(9-36)34-22(42)13(4)30-21(41)12(3)28/h11-18,36-37H,5-10,28H2,1-4H3,(H2,29,38)(H,30,41)(H,31,44)(H,32,45)(H,33,46)(H,34,42)(H,35,43)(H,39,40)(H,47,48)/t12-,13-,14-,15-,16-,17-,18-/m0/s1. The van der Waals surface area contributed by atoms with Gasteiger partial charge in [0.1, 0.15) is 36.3 Å². The number of carbonyl (C=O) groups is 9. The fourth-order valence-corrected chi connectivity index (χ4v) is 3.83. The zero-order valence-corrected chi connectivity index (χ0v) is 27.0. The lowest BCUT2D eigenvalue weighted by Gasteiger charge is -2.27. The van der Waals surface area contributed by atoms with Gasteiger partial charge in [-0.05, 0) is 32.6 Å². The van der Waals surface area contributed by atoms with Crippen LogP contribution in [0.4, 0.5) is 0 Å². The highest BCUT2D eigenvalue weighted by Gasteiger charge is 2.34. The Bertz CT molecular complexity index is 1200. The molecule has 0 fully saturated rings. The molecule has 0 aromatic carbocycles. The van der Waals surface area contributed by atoms with E-state index in [-0.39, 0.29) is 12.3 Å². The molecule has 0 heterocycles. The van der Waals surface area contributed by atoms with E-state index in [2.05, 4.69) is 26.6 Å². The van der Waals surface area contributed by atoms with Crippen molar-refractivity contribution in [2.45, 2.75) is 95.7 Å². The number of amides is 7. The molecule has 7 amide bonds. The number of primary amides is 1. The third-order valence-electron chi connectivity index (χ3n) is 6.44. The number of carbonyl (C=O) groups excluding carboxylic acids is 7. The number of hydrogen-bond acceptors (Lipinski definition) is 12. The van der Waals surface area contributed by atoms with Gasteiger partial charge in [0.25, 0.3) is 0 Å². The second-order valence-electron chi connectivity index (χ2n) is 11.3. The Balaban J connectivity index is 5.99. The summed E-state index contributed by atoms with van der Waals surface area (Å²) in [5.41, 5.74) is 10.7. The van der Waals surface area contributed by atoms with Crippen molar-refractivity contribution in [2.24, 2.45) is 17.4 Å². The number of aliphatic hydroxyl groups excluding tert-OH is 2. The van der Waals surface area contributed by atoms with Crippen LogP contribution in [0.1, 0.15) is 53.4 Å². The molecule has 0 radical (unpaired) electrons. The normalized spacial score (nSPS) is 15.2. The van der Waals surface area contributed by atoms with Crippen LogP contribution in [0.15, 0.2) is 0 Å². The van der Waals surface area contributed by atoms with Crippen molar-refractivity contribution in [3.8, 4) is 0 Å². The van der Waals surface area contributed by atoms with E-state index in [4.69, 9.17) is 21.7 Å². The summed E-state index contributed by atoms with van der Waals surface area (Å²) in [5.74, 6) is -10.3. The lowest BCUT2D eigenvalue weighted by Crippen LogP contribution is -2.60. The van der Waals surface area contributed by atoms with Gasteiger partial charge in [0.2, 0.25) is 41.4 Å². The molecule has 0 aromatic rings. The van der Waals surface area contributed by atoms with E-state index in [9.17, 15) is 53.4 Å². The van der Waals surface area contributed by atoms with Crippen LogP contribution in [0, 0.1) is 5.92 Å². The average molecular weight is 691 g/mol. The number of hydrogen-bond donors (Lipinski definition) is 12. The quantitative estimate of drug-likeness (QED) is 0.0503. The van der Waals surface area contributed by atoms with E-state index in [1.807, 2.05) is 5.32 Å². The molecular formula is C27H46N8O13. The molecule has 0 aliphatic carbocycles. The van der Waals surface area contributed by atoms with Gasteiger partial charge in [0.05, 0.1) is 25.7 Å². The van der Waals surface area contributed by atoms with E-state index in [1.165, 1.54) is 13.8 Å². The molecule has 7 atom stereocenters. The first kappa shape index (κ1) is 43.1. The Morgan fingerprint density at radius 2 is 1.02 bits per heavy atom.